The second-order valence-corrected chi connectivity index (χ2v) is 6.45. The van der Waals surface area contributed by atoms with E-state index in [9.17, 15) is 0 Å². The number of hydrogen-bond donors (Lipinski definition) is 1. The molecule has 114 valence electrons. The van der Waals surface area contributed by atoms with Crippen molar-refractivity contribution in [3.8, 4) is 0 Å². The first-order valence-corrected chi connectivity index (χ1v) is 7.95. The third-order valence-electron chi connectivity index (χ3n) is 4.33. The zero-order chi connectivity index (χ0) is 14.7. The number of hydrogen-bond acceptors (Lipinski definition) is 3. The minimum Gasteiger partial charge on any atom is -0.379 e. The maximum atomic E-state index is 6.49. The number of ether oxygens (including phenoxy) is 1. The van der Waals surface area contributed by atoms with E-state index in [1.54, 1.807) is 13.3 Å². The summed E-state index contributed by atoms with van der Waals surface area (Å²) in [4.78, 5) is 0. The average molecular weight is 300 g/mol. The molecule has 2 unspecified atom stereocenters. The summed E-state index contributed by atoms with van der Waals surface area (Å²) < 4.78 is 7.66. The topological polar surface area (TPSA) is 53.1 Å². The molecule has 1 fully saturated rings. The van der Waals surface area contributed by atoms with Gasteiger partial charge in [0, 0.05) is 13.2 Å². The van der Waals surface area contributed by atoms with E-state index in [4.69, 9.17) is 22.1 Å². The molecule has 0 bridgehead atoms. The molecule has 20 heavy (non-hydrogen) atoms. The molecule has 0 amide bonds. The van der Waals surface area contributed by atoms with Crippen LogP contribution in [0.4, 0.5) is 0 Å². The molecule has 0 saturated heterocycles. The van der Waals surface area contributed by atoms with Gasteiger partial charge in [0.15, 0.2) is 0 Å². The Balaban J connectivity index is 2.23. The molecule has 0 aliphatic heterocycles. The Morgan fingerprint density at radius 1 is 1.35 bits per heavy atom. The minimum absolute atomic E-state index is 0.0157. The summed E-state index contributed by atoms with van der Waals surface area (Å²) in [5.41, 5.74) is 7.40. The summed E-state index contributed by atoms with van der Waals surface area (Å²) in [6.45, 7) is 4.17. The van der Waals surface area contributed by atoms with Gasteiger partial charge in [-0.25, -0.2) is 0 Å². The Morgan fingerprint density at radius 3 is 2.55 bits per heavy atom. The van der Waals surface area contributed by atoms with Crippen LogP contribution < -0.4 is 5.73 Å². The Morgan fingerprint density at radius 2 is 2.00 bits per heavy atom. The maximum absolute atomic E-state index is 6.49. The standard InChI is InChI=1S/C15H26ClN3O/c1-10(2)19-14(12(16)9-18-19)13(17)15(20-3)11-7-5-4-6-8-11/h9-11,13,15H,4-8,17H2,1-3H3. The molecule has 0 aromatic carbocycles. The average Bonchev–Trinajstić information content (AvgIpc) is 2.82. The SMILES string of the molecule is COC(C1CCCCC1)C(N)c1c(Cl)cnn1C(C)C. The van der Waals surface area contributed by atoms with Gasteiger partial charge >= 0.3 is 0 Å². The smallest absolute Gasteiger partial charge is 0.0835 e. The molecule has 1 aromatic heterocycles. The Hall–Kier alpha value is -0.580. The van der Waals surface area contributed by atoms with Gasteiger partial charge in [0.25, 0.3) is 0 Å². The molecule has 5 heteroatoms. The quantitative estimate of drug-likeness (QED) is 0.901. The van der Waals surface area contributed by atoms with E-state index in [1.807, 2.05) is 4.68 Å². The molecular weight excluding hydrogens is 274 g/mol. The van der Waals surface area contributed by atoms with Crippen LogP contribution in [0.25, 0.3) is 0 Å². The summed E-state index contributed by atoms with van der Waals surface area (Å²) in [6, 6.07) is 0.0212. The highest BCUT2D eigenvalue weighted by Crippen LogP contribution is 2.35. The number of nitrogens with zero attached hydrogens (tertiary/aromatic N) is 2. The van der Waals surface area contributed by atoms with Gasteiger partial charge in [0.05, 0.1) is 29.1 Å². The van der Waals surface area contributed by atoms with Crippen molar-refractivity contribution in [3.05, 3.63) is 16.9 Å². The second-order valence-electron chi connectivity index (χ2n) is 6.04. The van der Waals surface area contributed by atoms with Crippen LogP contribution in [0.15, 0.2) is 6.20 Å². The maximum Gasteiger partial charge on any atom is 0.0835 e. The van der Waals surface area contributed by atoms with Crippen molar-refractivity contribution in [3.63, 3.8) is 0 Å². The fourth-order valence-electron chi connectivity index (χ4n) is 3.32. The van der Waals surface area contributed by atoms with Gasteiger partial charge in [-0.1, -0.05) is 30.9 Å². The molecule has 1 saturated carbocycles. The van der Waals surface area contributed by atoms with Crippen molar-refractivity contribution in [2.45, 2.75) is 64.1 Å². The molecule has 1 aliphatic carbocycles. The predicted octanol–water partition coefficient (Wildman–Crippen LogP) is 3.71. The van der Waals surface area contributed by atoms with Crippen LogP contribution in [0.1, 0.15) is 63.7 Å². The van der Waals surface area contributed by atoms with Gasteiger partial charge in [-0.05, 0) is 32.6 Å². The number of rotatable bonds is 5. The molecule has 2 atom stereocenters. The van der Waals surface area contributed by atoms with E-state index < -0.39 is 0 Å². The van der Waals surface area contributed by atoms with Crippen LogP contribution in [-0.2, 0) is 4.74 Å². The van der Waals surface area contributed by atoms with E-state index in [1.165, 1.54) is 32.1 Å². The van der Waals surface area contributed by atoms with Crippen LogP contribution in [0.5, 0.6) is 0 Å². The van der Waals surface area contributed by atoms with E-state index in [-0.39, 0.29) is 18.2 Å². The van der Waals surface area contributed by atoms with E-state index >= 15 is 0 Å². The van der Waals surface area contributed by atoms with Crippen molar-refractivity contribution >= 4 is 11.6 Å². The van der Waals surface area contributed by atoms with Gasteiger partial charge in [0.1, 0.15) is 0 Å². The number of halogens is 1. The van der Waals surface area contributed by atoms with Crippen molar-refractivity contribution in [2.75, 3.05) is 7.11 Å². The summed E-state index contributed by atoms with van der Waals surface area (Å²) in [5.74, 6) is 0.523. The third-order valence-corrected chi connectivity index (χ3v) is 4.62. The largest absolute Gasteiger partial charge is 0.379 e. The fraction of sp³-hybridized carbons (Fsp3) is 0.800. The highest BCUT2D eigenvalue weighted by atomic mass is 35.5. The molecule has 2 N–H and O–H groups in total. The molecule has 0 spiro atoms. The van der Waals surface area contributed by atoms with Crippen molar-refractivity contribution in [2.24, 2.45) is 11.7 Å². The number of aromatic nitrogens is 2. The molecule has 2 rings (SSSR count). The monoisotopic (exact) mass is 299 g/mol. The molecule has 1 heterocycles. The van der Waals surface area contributed by atoms with Crippen LogP contribution in [0.2, 0.25) is 5.02 Å². The number of nitrogens with two attached hydrogens (primary N) is 1. The summed E-state index contributed by atoms with van der Waals surface area (Å²) in [7, 11) is 1.75. The van der Waals surface area contributed by atoms with Crippen LogP contribution >= 0.6 is 11.6 Å². The van der Waals surface area contributed by atoms with Crippen molar-refractivity contribution in [1.29, 1.82) is 0 Å². The number of methoxy groups -OCH3 is 1. The first-order valence-electron chi connectivity index (χ1n) is 7.57. The van der Waals surface area contributed by atoms with Gasteiger partial charge < -0.3 is 10.5 Å². The zero-order valence-electron chi connectivity index (χ0n) is 12.7. The molecular formula is C15H26ClN3O. The third kappa shape index (κ3) is 3.18. The van der Waals surface area contributed by atoms with Crippen LogP contribution in [0, 0.1) is 5.92 Å². The van der Waals surface area contributed by atoms with Gasteiger partial charge in [-0.15, -0.1) is 0 Å². The first kappa shape index (κ1) is 15.8. The van der Waals surface area contributed by atoms with E-state index in [2.05, 4.69) is 18.9 Å². The normalized spacial score (nSPS) is 20.3. The Kier molecular flexibility index (Phi) is 5.47. The summed E-state index contributed by atoms with van der Waals surface area (Å²) in [6.07, 6.45) is 7.96. The lowest BCUT2D eigenvalue weighted by Crippen LogP contribution is -2.37. The molecule has 1 aromatic rings. The predicted molar refractivity (Wildman–Crippen MR) is 81.9 cm³/mol. The van der Waals surface area contributed by atoms with E-state index in [0.717, 1.165) is 5.69 Å². The molecule has 4 nitrogen and oxygen atoms in total. The van der Waals surface area contributed by atoms with Gasteiger partial charge in [-0.2, -0.15) is 5.10 Å². The fourth-order valence-corrected chi connectivity index (χ4v) is 3.58. The first-order chi connectivity index (χ1) is 9.56. The lowest BCUT2D eigenvalue weighted by molar-refractivity contribution is 0.0151. The highest BCUT2D eigenvalue weighted by molar-refractivity contribution is 6.31. The Bertz CT molecular complexity index is 427. The highest BCUT2D eigenvalue weighted by Gasteiger charge is 2.32. The van der Waals surface area contributed by atoms with Crippen LogP contribution in [0.3, 0.4) is 0 Å². The zero-order valence-corrected chi connectivity index (χ0v) is 13.4. The summed E-state index contributed by atoms with van der Waals surface area (Å²) >= 11 is 6.30. The molecule has 1 aliphatic rings. The van der Waals surface area contributed by atoms with E-state index in [0.29, 0.717) is 10.9 Å². The molecule has 0 radical (unpaired) electrons. The van der Waals surface area contributed by atoms with Crippen molar-refractivity contribution < 1.29 is 4.74 Å². The summed E-state index contributed by atoms with van der Waals surface area (Å²) in [5, 5.41) is 4.99. The van der Waals surface area contributed by atoms with Crippen LogP contribution in [-0.4, -0.2) is 23.0 Å². The van der Waals surface area contributed by atoms with Crippen molar-refractivity contribution in [1.82, 2.24) is 9.78 Å². The van der Waals surface area contributed by atoms with Gasteiger partial charge in [0.2, 0.25) is 0 Å². The lowest BCUT2D eigenvalue weighted by Gasteiger charge is -2.33. The lowest BCUT2D eigenvalue weighted by atomic mass is 9.82. The Labute approximate surface area is 126 Å². The second kappa shape index (κ2) is 6.92. The van der Waals surface area contributed by atoms with Gasteiger partial charge in [-0.3, -0.25) is 4.68 Å². The minimum atomic E-state index is -0.222.